The van der Waals surface area contributed by atoms with Crippen LogP contribution in [-0.4, -0.2) is 68.2 Å². The van der Waals surface area contributed by atoms with Crippen LogP contribution in [0.5, 0.6) is 0 Å². The van der Waals surface area contributed by atoms with Gasteiger partial charge in [0.2, 0.25) is 15.9 Å². The van der Waals surface area contributed by atoms with Gasteiger partial charge in [-0.25, -0.2) is 21.6 Å². The van der Waals surface area contributed by atoms with Gasteiger partial charge in [0.25, 0.3) is 0 Å². The first-order chi connectivity index (χ1) is 14.2. The average molecular weight is 441 g/mol. The standard InChI is InChI=1S/C20H22F3N3O3S/c1-24(13-15-6-7-16(21)18(23)12-15)14-20(27)25-8-10-26(11-9-25)30(28,29)19-5-3-2-4-17(19)22/h2-7,12H,8-11,13-14H2,1H3. The number of hydrogen-bond acceptors (Lipinski definition) is 4. The molecule has 2 aromatic rings. The summed E-state index contributed by atoms with van der Waals surface area (Å²) in [6.07, 6.45) is 0. The predicted molar refractivity (Wildman–Crippen MR) is 104 cm³/mol. The number of halogens is 3. The van der Waals surface area contributed by atoms with Crippen molar-refractivity contribution in [2.45, 2.75) is 11.4 Å². The number of likely N-dealkylation sites (N-methyl/N-ethyl adjacent to an activating group) is 1. The lowest BCUT2D eigenvalue weighted by Gasteiger charge is -2.34. The van der Waals surface area contributed by atoms with Crippen LogP contribution in [0.2, 0.25) is 0 Å². The highest BCUT2D eigenvalue weighted by Gasteiger charge is 2.31. The topological polar surface area (TPSA) is 60.9 Å². The van der Waals surface area contributed by atoms with Crippen LogP contribution in [0, 0.1) is 17.5 Å². The van der Waals surface area contributed by atoms with E-state index in [0.29, 0.717) is 5.56 Å². The summed E-state index contributed by atoms with van der Waals surface area (Å²) in [5.74, 6) is -2.89. The average Bonchev–Trinajstić information content (AvgIpc) is 2.71. The third-order valence-electron chi connectivity index (χ3n) is 4.89. The minimum Gasteiger partial charge on any atom is -0.339 e. The zero-order valence-electron chi connectivity index (χ0n) is 16.4. The van der Waals surface area contributed by atoms with Gasteiger partial charge in [-0.05, 0) is 36.9 Å². The van der Waals surface area contributed by atoms with Gasteiger partial charge in [-0.2, -0.15) is 4.31 Å². The Morgan fingerprint density at radius 3 is 2.27 bits per heavy atom. The summed E-state index contributed by atoms with van der Waals surface area (Å²) in [7, 11) is -2.29. The van der Waals surface area contributed by atoms with Crippen molar-refractivity contribution < 1.29 is 26.4 Å². The minimum atomic E-state index is -3.97. The molecule has 0 unspecified atom stereocenters. The number of hydrogen-bond donors (Lipinski definition) is 0. The van der Waals surface area contributed by atoms with Crippen molar-refractivity contribution in [2.75, 3.05) is 39.8 Å². The molecule has 0 saturated carbocycles. The van der Waals surface area contributed by atoms with E-state index in [1.54, 1.807) is 11.9 Å². The fraction of sp³-hybridized carbons (Fsp3) is 0.350. The van der Waals surface area contributed by atoms with E-state index in [4.69, 9.17) is 0 Å². The molecule has 2 aromatic carbocycles. The van der Waals surface area contributed by atoms with Gasteiger partial charge in [0.15, 0.2) is 11.6 Å². The summed E-state index contributed by atoms with van der Waals surface area (Å²) >= 11 is 0. The fourth-order valence-corrected chi connectivity index (χ4v) is 4.79. The molecule has 1 amide bonds. The zero-order chi connectivity index (χ0) is 21.9. The van der Waals surface area contributed by atoms with Crippen molar-refractivity contribution in [1.29, 1.82) is 0 Å². The van der Waals surface area contributed by atoms with Gasteiger partial charge in [0, 0.05) is 32.7 Å². The van der Waals surface area contributed by atoms with Gasteiger partial charge >= 0.3 is 0 Å². The lowest BCUT2D eigenvalue weighted by Crippen LogP contribution is -2.52. The second-order valence-corrected chi connectivity index (χ2v) is 9.04. The molecule has 0 bridgehead atoms. The third kappa shape index (κ3) is 5.00. The SMILES string of the molecule is CN(CC(=O)N1CCN(S(=O)(=O)c2ccccc2F)CC1)Cc1ccc(F)c(F)c1. The van der Waals surface area contributed by atoms with Gasteiger partial charge in [-0.15, -0.1) is 0 Å². The number of rotatable bonds is 6. The van der Waals surface area contributed by atoms with Crippen molar-refractivity contribution >= 4 is 15.9 Å². The first kappa shape index (κ1) is 22.3. The molecular formula is C20H22F3N3O3S. The Balaban J connectivity index is 1.55. The fourth-order valence-electron chi connectivity index (χ4n) is 3.31. The van der Waals surface area contributed by atoms with Gasteiger partial charge in [-0.1, -0.05) is 18.2 Å². The maximum absolute atomic E-state index is 13.9. The maximum Gasteiger partial charge on any atom is 0.246 e. The maximum atomic E-state index is 13.9. The van der Waals surface area contributed by atoms with Gasteiger partial charge in [0.05, 0.1) is 6.54 Å². The Hall–Kier alpha value is -2.43. The van der Waals surface area contributed by atoms with Crippen LogP contribution in [0.15, 0.2) is 47.4 Å². The van der Waals surface area contributed by atoms with Crippen molar-refractivity contribution in [3.05, 3.63) is 65.5 Å². The second kappa shape index (κ2) is 9.15. The van der Waals surface area contributed by atoms with Crippen LogP contribution in [0.3, 0.4) is 0 Å². The zero-order valence-corrected chi connectivity index (χ0v) is 17.2. The van der Waals surface area contributed by atoms with Crippen molar-refractivity contribution in [3.8, 4) is 0 Å². The molecule has 1 heterocycles. The number of carbonyl (C=O) groups excluding carboxylic acids is 1. The quantitative estimate of drug-likeness (QED) is 0.689. The molecule has 0 aromatic heterocycles. The van der Waals surface area contributed by atoms with Gasteiger partial charge in [-0.3, -0.25) is 9.69 Å². The summed E-state index contributed by atoms with van der Waals surface area (Å²) in [4.78, 5) is 15.3. The highest BCUT2D eigenvalue weighted by molar-refractivity contribution is 7.89. The van der Waals surface area contributed by atoms with Crippen molar-refractivity contribution in [2.24, 2.45) is 0 Å². The molecule has 162 valence electrons. The number of sulfonamides is 1. The van der Waals surface area contributed by atoms with Crippen LogP contribution >= 0.6 is 0 Å². The van der Waals surface area contributed by atoms with Crippen LogP contribution in [0.1, 0.15) is 5.56 Å². The van der Waals surface area contributed by atoms with Gasteiger partial charge in [0.1, 0.15) is 10.7 Å². The van der Waals surface area contributed by atoms with E-state index in [1.165, 1.54) is 33.5 Å². The molecule has 30 heavy (non-hydrogen) atoms. The molecule has 10 heteroatoms. The monoisotopic (exact) mass is 441 g/mol. The van der Waals surface area contributed by atoms with E-state index in [1.807, 2.05) is 0 Å². The number of benzene rings is 2. The number of carbonyl (C=O) groups is 1. The van der Waals surface area contributed by atoms with Crippen LogP contribution < -0.4 is 0 Å². The Morgan fingerprint density at radius 2 is 1.63 bits per heavy atom. The number of nitrogens with zero attached hydrogens (tertiary/aromatic N) is 3. The minimum absolute atomic E-state index is 0.0407. The predicted octanol–water partition coefficient (Wildman–Crippen LogP) is 2.07. The van der Waals surface area contributed by atoms with Crippen LogP contribution in [0.4, 0.5) is 13.2 Å². The van der Waals surface area contributed by atoms with E-state index in [9.17, 15) is 26.4 Å². The largest absolute Gasteiger partial charge is 0.339 e. The summed E-state index contributed by atoms with van der Waals surface area (Å²) < 4.78 is 66.7. The van der Waals surface area contributed by atoms with E-state index in [2.05, 4.69) is 0 Å². The smallest absolute Gasteiger partial charge is 0.246 e. The normalized spacial score (nSPS) is 15.6. The third-order valence-corrected chi connectivity index (χ3v) is 6.82. The molecule has 3 rings (SSSR count). The van der Waals surface area contributed by atoms with Crippen molar-refractivity contribution in [3.63, 3.8) is 0 Å². The van der Waals surface area contributed by atoms with Crippen LogP contribution in [-0.2, 0) is 21.4 Å². The second-order valence-electron chi connectivity index (χ2n) is 7.14. The Bertz CT molecular complexity index is 1020. The number of piperazine rings is 1. The van der Waals surface area contributed by atoms with Crippen molar-refractivity contribution in [1.82, 2.24) is 14.1 Å². The molecule has 1 saturated heterocycles. The summed E-state index contributed by atoms with van der Waals surface area (Å²) in [6.45, 7) is 0.797. The van der Waals surface area contributed by atoms with Crippen LogP contribution in [0.25, 0.3) is 0 Å². The van der Waals surface area contributed by atoms with Gasteiger partial charge < -0.3 is 4.90 Å². The molecule has 1 aliphatic heterocycles. The molecule has 0 spiro atoms. The molecule has 6 nitrogen and oxygen atoms in total. The molecule has 0 aliphatic carbocycles. The highest BCUT2D eigenvalue weighted by Crippen LogP contribution is 2.20. The molecule has 0 atom stereocenters. The van der Waals surface area contributed by atoms with E-state index < -0.39 is 27.5 Å². The summed E-state index contributed by atoms with van der Waals surface area (Å²) in [5, 5.41) is 0. The molecular weight excluding hydrogens is 419 g/mol. The molecule has 1 fully saturated rings. The van der Waals surface area contributed by atoms with E-state index >= 15 is 0 Å². The Labute approximate surface area is 173 Å². The summed E-state index contributed by atoms with van der Waals surface area (Å²) in [6, 6.07) is 8.76. The van der Waals surface area contributed by atoms with E-state index in [0.717, 1.165) is 18.2 Å². The molecule has 1 aliphatic rings. The first-order valence-electron chi connectivity index (χ1n) is 9.33. The molecule has 0 N–H and O–H groups in total. The number of amides is 1. The Morgan fingerprint density at radius 1 is 0.967 bits per heavy atom. The molecule has 0 radical (unpaired) electrons. The first-order valence-corrected chi connectivity index (χ1v) is 10.8. The lowest BCUT2D eigenvalue weighted by molar-refractivity contribution is -0.133. The lowest BCUT2D eigenvalue weighted by atomic mass is 10.2. The highest BCUT2D eigenvalue weighted by atomic mass is 32.2. The van der Waals surface area contributed by atoms with E-state index in [-0.39, 0.29) is 50.1 Å². The summed E-state index contributed by atoms with van der Waals surface area (Å²) in [5.41, 5.74) is 0.532. The Kier molecular flexibility index (Phi) is 6.79.